The van der Waals surface area contributed by atoms with E-state index in [4.69, 9.17) is 0 Å². The zero-order valence-electron chi connectivity index (χ0n) is 11.3. The zero-order valence-corrected chi connectivity index (χ0v) is 11.3. The highest BCUT2D eigenvalue weighted by Gasteiger charge is 2.18. The Labute approximate surface area is 100 Å². The van der Waals surface area contributed by atoms with E-state index in [1.165, 1.54) is 23.1 Å². The lowest BCUT2D eigenvalue weighted by molar-refractivity contribution is 0.382. The van der Waals surface area contributed by atoms with Crippen LogP contribution >= 0.6 is 0 Å². The molecule has 0 spiro atoms. The first-order valence-electron chi connectivity index (χ1n) is 6.41. The molecule has 0 fully saturated rings. The lowest BCUT2D eigenvalue weighted by Crippen LogP contribution is -2.27. The molecule has 0 amide bonds. The molecule has 0 radical (unpaired) electrons. The Morgan fingerprint density at radius 3 is 2.44 bits per heavy atom. The van der Waals surface area contributed by atoms with Crippen molar-refractivity contribution in [2.24, 2.45) is 5.92 Å². The summed E-state index contributed by atoms with van der Waals surface area (Å²) in [5.74, 6) is 0.681. The second-order valence-electron chi connectivity index (χ2n) is 4.71. The molecule has 16 heavy (non-hydrogen) atoms. The molecule has 1 aromatic carbocycles. The number of aryl methyl sites for hydroxylation is 1. The van der Waals surface area contributed by atoms with Gasteiger partial charge in [-0.2, -0.15) is 0 Å². The minimum absolute atomic E-state index is 0.495. The molecule has 0 aliphatic rings. The Hall–Kier alpha value is -0.820. The van der Waals surface area contributed by atoms with E-state index in [1.54, 1.807) is 0 Å². The van der Waals surface area contributed by atoms with Gasteiger partial charge in [0.15, 0.2) is 0 Å². The maximum atomic E-state index is 3.62. The number of nitrogens with one attached hydrogen (secondary N) is 1. The summed E-state index contributed by atoms with van der Waals surface area (Å²) in [6.45, 7) is 12.2. The van der Waals surface area contributed by atoms with Gasteiger partial charge < -0.3 is 5.32 Å². The van der Waals surface area contributed by atoms with E-state index in [-0.39, 0.29) is 0 Å². The molecule has 0 bridgehead atoms. The van der Waals surface area contributed by atoms with Crippen molar-refractivity contribution in [1.82, 2.24) is 5.32 Å². The van der Waals surface area contributed by atoms with E-state index < -0.39 is 0 Å². The summed E-state index contributed by atoms with van der Waals surface area (Å²) >= 11 is 0. The summed E-state index contributed by atoms with van der Waals surface area (Å²) in [5, 5.41) is 3.62. The lowest BCUT2D eigenvalue weighted by Gasteiger charge is -2.26. The number of hydrogen-bond acceptors (Lipinski definition) is 1. The molecule has 0 saturated heterocycles. The second-order valence-corrected chi connectivity index (χ2v) is 4.71. The molecule has 2 unspecified atom stereocenters. The average molecular weight is 219 g/mol. The highest BCUT2D eigenvalue weighted by molar-refractivity contribution is 5.35. The molecule has 2 atom stereocenters. The van der Waals surface area contributed by atoms with E-state index in [2.05, 4.69) is 58.1 Å². The van der Waals surface area contributed by atoms with E-state index in [0.717, 1.165) is 6.54 Å². The smallest absolute Gasteiger partial charge is 0.0348 e. The van der Waals surface area contributed by atoms with Gasteiger partial charge in [0.05, 0.1) is 0 Å². The summed E-state index contributed by atoms with van der Waals surface area (Å²) in [6.07, 6.45) is 1.21. The van der Waals surface area contributed by atoms with Crippen molar-refractivity contribution in [3.8, 4) is 0 Å². The monoisotopic (exact) mass is 219 g/mol. The maximum absolute atomic E-state index is 3.62. The van der Waals surface area contributed by atoms with Gasteiger partial charge in [0.1, 0.15) is 0 Å². The molecular formula is C15H25N. The van der Waals surface area contributed by atoms with E-state index in [9.17, 15) is 0 Å². The molecule has 0 aromatic heterocycles. The number of rotatable bonds is 5. The highest BCUT2D eigenvalue weighted by Crippen LogP contribution is 2.28. The van der Waals surface area contributed by atoms with Crippen LogP contribution < -0.4 is 5.32 Å². The topological polar surface area (TPSA) is 12.0 Å². The minimum Gasteiger partial charge on any atom is -0.310 e. The van der Waals surface area contributed by atoms with Crippen LogP contribution in [0.5, 0.6) is 0 Å². The van der Waals surface area contributed by atoms with Crippen molar-refractivity contribution in [3.63, 3.8) is 0 Å². The van der Waals surface area contributed by atoms with Gasteiger partial charge in [-0.15, -0.1) is 0 Å². The van der Waals surface area contributed by atoms with Crippen LogP contribution in [-0.4, -0.2) is 6.54 Å². The molecule has 0 heterocycles. The van der Waals surface area contributed by atoms with Gasteiger partial charge in [0.2, 0.25) is 0 Å². The SMILES string of the molecule is CCNC(c1cccc(C)c1C)C(C)CC. The van der Waals surface area contributed by atoms with Crippen molar-refractivity contribution < 1.29 is 0 Å². The van der Waals surface area contributed by atoms with E-state index >= 15 is 0 Å². The minimum atomic E-state index is 0.495. The largest absolute Gasteiger partial charge is 0.310 e. The van der Waals surface area contributed by atoms with E-state index in [0.29, 0.717) is 12.0 Å². The van der Waals surface area contributed by atoms with Crippen LogP contribution in [0.25, 0.3) is 0 Å². The molecule has 1 N–H and O–H groups in total. The Morgan fingerprint density at radius 2 is 1.88 bits per heavy atom. The van der Waals surface area contributed by atoms with Gasteiger partial charge in [0, 0.05) is 6.04 Å². The van der Waals surface area contributed by atoms with Gasteiger partial charge in [-0.1, -0.05) is 45.4 Å². The fourth-order valence-electron chi connectivity index (χ4n) is 2.18. The molecule has 1 nitrogen and oxygen atoms in total. The average Bonchev–Trinajstić information content (AvgIpc) is 2.29. The Balaban J connectivity index is 3.05. The van der Waals surface area contributed by atoms with Crippen LogP contribution in [0.4, 0.5) is 0 Å². The molecule has 1 aromatic rings. The number of benzene rings is 1. The predicted molar refractivity (Wildman–Crippen MR) is 71.8 cm³/mol. The molecule has 0 saturated carbocycles. The van der Waals surface area contributed by atoms with Crippen molar-refractivity contribution in [2.45, 2.75) is 47.1 Å². The summed E-state index contributed by atoms with van der Waals surface area (Å²) in [5.41, 5.74) is 4.30. The first kappa shape index (κ1) is 13.2. The summed E-state index contributed by atoms with van der Waals surface area (Å²) in [7, 11) is 0. The quantitative estimate of drug-likeness (QED) is 0.789. The summed E-state index contributed by atoms with van der Waals surface area (Å²) in [6, 6.07) is 7.12. The molecule has 1 heteroatoms. The van der Waals surface area contributed by atoms with Gasteiger partial charge in [0.25, 0.3) is 0 Å². The molecule has 90 valence electrons. The predicted octanol–water partition coefficient (Wildman–Crippen LogP) is 4.00. The third-order valence-electron chi connectivity index (χ3n) is 3.62. The number of hydrogen-bond donors (Lipinski definition) is 1. The van der Waals surface area contributed by atoms with Gasteiger partial charge in [-0.05, 0) is 43.0 Å². The molecular weight excluding hydrogens is 194 g/mol. The van der Waals surface area contributed by atoms with Crippen molar-refractivity contribution >= 4 is 0 Å². The third kappa shape index (κ3) is 2.85. The molecule has 0 aliphatic heterocycles. The Morgan fingerprint density at radius 1 is 1.19 bits per heavy atom. The highest BCUT2D eigenvalue weighted by atomic mass is 14.9. The first-order valence-corrected chi connectivity index (χ1v) is 6.41. The molecule has 0 aliphatic carbocycles. The van der Waals surface area contributed by atoms with Crippen molar-refractivity contribution in [2.75, 3.05) is 6.54 Å². The van der Waals surface area contributed by atoms with Crippen molar-refractivity contribution in [1.29, 1.82) is 0 Å². The standard InChI is InChI=1S/C15H25N/c1-6-11(3)15(16-7-2)14-10-8-9-12(4)13(14)5/h8-11,15-16H,6-7H2,1-5H3. The summed E-state index contributed by atoms with van der Waals surface area (Å²) in [4.78, 5) is 0. The van der Waals surface area contributed by atoms with Crippen LogP contribution in [0.1, 0.15) is 49.9 Å². The van der Waals surface area contributed by atoms with E-state index in [1.807, 2.05) is 0 Å². The van der Waals surface area contributed by atoms with Crippen LogP contribution in [0.3, 0.4) is 0 Å². The Bertz CT molecular complexity index is 330. The zero-order chi connectivity index (χ0) is 12.1. The van der Waals surface area contributed by atoms with Gasteiger partial charge in [-0.3, -0.25) is 0 Å². The fraction of sp³-hybridized carbons (Fsp3) is 0.600. The van der Waals surface area contributed by atoms with Gasteiger partial charge >= 0.3 is 0 Å². The maximum Gasteiger partial charge on any atom is 0.0348 e. The van der Waals surface area contributed by atoms with Crippen LogP contribution in [0.2, 0.25) is 0 Å². The Kier molecular flexibility index (Phi) is 5.01. The fourth-order valence-corrected chi connectivity index (χ4v) is 2.18. The normalized spacial score (nSPS) is 14.8. The molecule has 1 rings (SSSR count). The van der Waals surface area contributed by atoms with Crippen LogP contribution in [0.15, 0.2) is 18.2 Å². The third-order valence-corrected chi connectivity index (χ3v) is 3.62. The lowest BCUT2D eigenvalue weighted by atomic mass is 9.88. The van der Waals surface area contributed by atoms with Crippen LogP contribution in [-0.2, 0) is 0 Å². The van der Waals surface area contributed by atoms with Crippen molar-refractivity contribution in [3.05, 3.63) is 34.9 Å². The first-order chi connectivity index (χ1) is 7.61. The second kappa shape index (κ2) is 6.05. The summed E-state index contributed by atoms with van der Waals surface area (Å²) < 4.78 is 0. The van der Waals surface area contributed by atoms with Gasteiger partial charge in [-0.25, -0.2) is 0 Å². The van der Waals surface area contributed by atoms with Crippen LogP contribution in [0, 0.1) is 19.8 Å².